The number of hydrogen-bond donors (Lipinski definition) is 0. The van der Waals surface area contributed by atoms with Gasteiger partial charge in [-0.15, -0.1) is 0 Å². The highest BCUT2D eigenvalue weighted by atomic mass is 32.2. The van der Waals surface area contributed by atoms with E-state index in [0.717, 1.165) is 22.7 Å². The largest absolute Gasteiger partial charge is 0.311 e. The molecule has 6 heteroatoms. The fourth-order valence-electron chi connectivity index (χ4n) is 16.6. The van der Waals surface area contributed by atoms with Crippen LogP contribution in [0.25, 0.3) is 55.6 Å². The molecule has 4 heterocycles. The van der Waals surface area contributed by atoms with Gasteiger partial charge in [-0.25, -0.2) is 0 Å². The second-order valence-corrected chi connectivity index (χ2v) is 35.7. The first-order valence-electron chi connectivity index (χ1n) is 37.4. The van der Waals surface area contributed by atoms with Gasteiger partial charge in [-0.1, -0.05) is 321 Å². The van der Waals surface area contributed by atoms with Crippen molar-refractivity contribution in [3.05, 3.63) is 307 Å². The van der Waals surface area contributed by atoms with Crippen molar-refractivity contribution >= 4 is 109 Å². The first-order chi connectivity index (χ1) is 49.7. The molecule has 510 valence electrons. The molecular formula is C98H91B2N3S. The van der Waals surface area contributed by atoms with E-state index in [2.05, 4.69) is 398 Å². The minimum Gasteiger partial charge on any atom is -0.311 e. The van der Waals surface area contributed by atoms with Crippen LogP contribution in [0.15, 0.2) is 289 Å². The third-order valence-electron chi connectivity index (χ3n) is 22.4. The van der Waals surface area contributed by atoms with Crippen molar-refractivity contribution in [1.29, 1.82) is 0 Å². The van der Waals surface area contributed by atoms with Gasteiger partial charge in [-0.2, -0.15) is 0 Å². The maximum Gasteiger partial charge on any atom is 0.252 e. The van der Waals surface area contributed by atoms with Crippen LogP contribution in [0.5, 0.6) is 0 Å². The number of anilines is 9. The molecule has 17 rings (SSSR count). The molecule has 13 aromatic rings. The lowest BCUT2D eigenvalue weighted by Gasteiger charge is -2.47. The molecule has 0 aromatic heterocycles. The van der Waals surface area contributed by atoms with E-state index in [1.54, 1.807) is 0 Å². The quantitative estimate of drug-likeness (QED) is 0.140. The van der Waals surface area contributed by atoms with Gasteiger partial charge in [0.1, 0.15) is 0 Å². The number of hydrogen-bond acceptors (Lipinski definition) is 4. The van der Waals surface area contributed by atoms with Gasteiger partial charge in [-0.05, 0) is 206 Å². The molecule has 0 amide bonds. The second-order valence-electron chi connectivity index (χ2n) is 34.6. The first-order valence-corrected chi connectivity index (χ1v) is 38.2. The van der Waals surface area contributed by atoms with Gasteiger partial charge in [0, 0.05) is 66.4 Å². The molecule has 0 radical (unpaired) electrons. The van der Waals surface area contributed by atoms with E-state index in [-0.39, 0.29) is 40.5 Å². The molecule has 0 aliphatic carbocycles. The maximum atomic E-state index is 2.77. The molecule has 0 unspecified atom stereocenters. The Labute approximate surface area is 622 Å². The highest BCUT2D eigenvalue weighted by Gasteiger charge is 2.49. The lowest BCUT2D eigenvalue weighted by atomic mass is 9.30. The van der Waals surface area contributed by atoms with E-state index in [9.17, 15) is 0 Å². The normalized spacial score (nSPS) is 13.8. The fourth-order valence-corrected chi connectivity index (χ4v) is 17.8. The van der Waals surface area contributed by atoms with Gasteiger partial charge >= 0.3 is 0 Å². The number of para-hydroxylation sites is 1. The topological polar surface area (TPSA) is 9.72 Å². The van der Waals surface area contributed by atoms with Crippen molar-refractivity contribution < 1.29 is 0 Å². The summed E-state index contributed by atoms with van der Waals surface area (Å²) in [7, 11) is 0. The third kappa shape index (κ3) is 11.5. The second kappa shape index (κ2) is 24.7. The van der Waals surface area contributed by atoms with Crippen molar-refractivity contribution in [2.24, 2.45) is 0 Å². The Morgan fingerprint density at radius 1 is 0.231 bits per heavy atom. The van der Waals surface area contributed by atoms with Gasteiger partial charge < -0.3 is 14.7 Å². The lowest BCUT2D eigenvalue weighted by molar-refractivity contribution is 0.569. The molecule has 0 fully saturated rings. The predicted octanol–water partition coefficient (Wildman–Crippen LogP) is 23.4. The van der Waals surface area contributed by atoms with Gasteiger partial charge in [-0.3, -0.25) is 0 Å². The van der Waals surface area contributed by atoms with Crippen LogP contribution >= 0.6 is 11.8 Å². The van der Waals surface area contributed by atoms with Crippen molar-refractivity contribution in [3.8, 4) is 55.6 Å². The minimum atomic E-state index is -0.264. The third-order valence-corrected chi connectivity index (χ3v) is 23.5. The zero-order valence-electron chi connectivity index (χ0n) is 63.0. The van der Waals surface area contributed by atoms with Crippen LogP contribution in [0.1, 0.15) is 132 Å². The molecule has 104 heavy (non-hydrogen) atoms. The standard InChI is InChI=1S/C98H91B2N3S/c1-94(2,3)70-43-45-76(46-44-70)102-84-61-85-82(60-81(84)100-80-48-42-67(63-33-23-17-24-34-63)53-89(80)104-90-54-69(52-86(102)92(90)100)68-49-71(95(4,5)6)55-72(50-68)96(7,8)9)99-79-47-41-66(62-31-21-16-22-32-62)51-83(79)101(75-39-29-20-30-40-75)87-58-74(98(13,14)15)59-88(91(87)99)103(85)93-77(64-35-25-18-26-36-64)56-73(97(10,11)12)57-78(93)65-37-27-19-28-38-65/h16-61H,1-15H3. The monoisotopic (exact) mass is 1360 g/mol. The Balaban J connectivity index is 1.05. The number of rotatable bonds is 8. The Kier molecular flexibility index (Phi) is 15.9. The molecule has 0 saturated heterocycles. The van der Waals surface area contributed by atoms with E-state index in [1.165, 1.54) is 154 Å². The number of fused-ring (bicyclic) bond motifs is 8. The fraction of sp³-hybridized carbons (Fsp3) is 0.204. The van der Waals surface area contributed by atoms with Gasteiger partial charge in [0.15, 0.2) is 0 Å². The van der Waals surface area contributed by atoms with E-state index in [1.807, 2.05) is 11.8 Å². The van der Waals surface area contributed by atoms with Crippen LogP contribution in [-0.2, 0) is 27.1 Å². The highest BCUT2D eigenvalue weighted by Crippen LogP contribution is 2.55. The Bertz CT molecular complexity index is 5440. The summed E-state index contributed by atoms with van der Waals surface area (Å²) in [6.07, 6.45) is 0. The van der Waals surface area contributed by atoms with Gasteiger partial charge in [0.2, 0.25) is 6.71 Å². The predicted molar refractivity (Wildman–Crippen MR) is 451 cm³/mol. The highest BCUT2D eigenvalue weighted by molar-refractivity contribution is 8.00. The van der Waals surface area contributed by atoms with E-state index in [4.69, 9.17) is 0 Å². The Hall–Kier alpha value is -10.3. The van der Waals surface area contributed by atoms with Crippen molar-refractivity contribution in [2.45, 2.75) is 141 Å². The smallest absolute Gasteiger partial charge is 0.252 e. The Morgan fingerprint density at radius 2 is 0.606 bits per heavy atom. The molecule has 0 saturated carbocycles. The molecule has 13 aromatic carbocycles. The lowest BCUT2D eigenvalue weighted by Crippen LogP contribution is -2.64. The summed E-state index contributed by atoms with van der Waals surface area (Å²) in [5, 5.41) is 0. The molecule has 0 N–H and O–H groups in total. The molecule has 0 atom stereocenters. The van der Waals surface area contributed by atoms with Crippen LogP contribution < -0.4 is 47.5 Å². The van der Waals surface area contributed by atoms with E-state index in [0.29, 0.717) is 0 Å². The summed E-state index contributed by atoms with van der Waals surface area (Å²) < 4.78 is 0. The van der Waals surface area contributed by atoms with Crippen LogP contribution in [0, 0.1) is 0 Å². The average molecular weight is 1360 g/mol. The van der Waals surface area contributed by atoms with Crippen LogP contribution in [0.3, 0.4) is 0 Å². The number of nitrogens with zero attached hydrogens (tertiary/aromatic N) is 3. The zero-order chi connectivity index (χ0) is 72.1. The van der Waals surface area contributed by atoms with E-state index < -0.39 is 0 Å². The molecular weight excluding hydrogens is 1270 g/mol. The average Bonchev–Trinajstić information content (AvgIpc) is 0.682. The minimum absolute atomic E-state index is 0.0638. The first kappa shape index (κ1) is 66.9. The molecule has 0 bridgehead atoms. The maximum absolute atomic E-state index is 2.77. The molecule has 3 nitrogen and oxygen atoms in total. The SMILES string of the molecule is CC(C)(C)c1ccc(N2c3cc4c(cc3B3c5ccc(-c6ccccc6)cc5Sc5cc(-c6cc(C(C)(C)C)cc(C(C)(C)C)c6)cc2c53)B2c3ccc(-c5ccccc5)cc3N(c3ccccc3)c3cc(C(C)(C)C)cc(c32)N4c2c(-c3ccccc3)cc(C(C)(C)C)cc2-c2ccccc2)cc1. The summed E-state index contributed by atoms with van der Waals surface area (Å²) in [5.41, 5.74) is 36.2. The Morgan fingerprint density at radius 3 is 1.12 bits per heavy atom. The van der Waals surface area contributed by atoms with Crippen LogP contribution in [0.2, 0.25) is 0 Å². The summed E-state index contributed by atoms with van der Waals surface area (Å²) in [4.78, 5) is 10.6. The molecule has 0 spiro atoms. The number of benzene rings is 13. The van der Waals surface area contributed by atoms with Crippen molar-refractivity contribution in [3.63, 3.8) is 0 Å². The molecule has 4 aliphatic heterocycles. The van der Waals surface area contributed by atoms with Crippen LogP contribution in [0.4, 0.5) is 51.2 Å². The summed E-state index contributed by atoms with van der Waals surface area (Å²) >= 11 is 1.95. The van der Waals surface area contributed by atoms with Gasteiger partial charge in [0.05, 0.1) is 5.69 Å². The van der Waals surface area contributed by atoms with Crippen molar-refractivity contribution in [1.82, 2.24) is 0 Å². The van der Waals surface area contributed by atoms with E-state index >= 15 is 0 Å². The molecule has 4 aliphatic rings. The zero-order valence-corrected chi connectivity index (χ0v) is 63.8. The summed E-state index contributed by atoms with van der Waals surface area (Å²) in [6.45, 7) is 35.1. The van der Waals surface area contributed by atoms with Crippen LogP contribution in [-0.4, -0.2) is 13.4 Å². The summed E-state index contributed by atoms with van der Waals surface area (Å²) in [5.74, 6) is 0. The van der Waals surface area contributed by atoms with Crippen molar-refractivity contribution in [2.75, 3.05) is 14.7 Å². The summed E-state index contributed by atoms with van der Waals surface area (Å²) in [6, 6.07) is 108. The van der Waals surface area contributed by atoms with Gasteiger partial charge in [0.25, 0.3) is 6.71 Å².